The number of benzene rings is 1. The van der Waals surface area contributed by atoms with E-state index in [9.17, 15) is 23.2 Å². The van der Waals surface area contributed by atoms with Gasteiger partial charge in [-0.05, 0) is 25.5 Å². The van der Waals surface area contributed by atoms with Crippen molar-refractivity contribution in [3.63, 3.8) is 0 Å². The molecule has 0 saturated carbocycles. The Labute approximate surface area is 201 Å². The van der Waals surface area contributed by atoms with Crippen LogP contribution in [0.2, 0.25) is 0 Å². The van der Waals surface area contributed by atoms with Crippen molar-refractivity contribution in [1.82, 2.24) is 14.6 Å². The van der Waals surface area contributed by atoms with Gasteiger partial charge in [0.2, 0.25) is 0 Å². The summed E-state index contributed by atoms with van der Waals surface area (Å²) < 4.78 is 33.5. The number of primary amides is 1. The molecule has 0 radical (unpaired) electrons. The Morgan fingerprint density at radius 2 is 1.94 bits per heavy atom. The van der Waals surface area contributed by atoms with Gasteiger partial charge < -0.3 is 15.8 Å². The average molecular weight is 499 g/mol. The number of alkyl halides is 2. The van der Waals surface area contributed by atoms with Gasteiger partial charge in [-0.2, -0.15) is 5.10 Å². The molecule has 0 spiro atoms. The van der Waals surface area contributed by atoms with Crippen molar-refractivity contribution in [2.75, 3.05) is 11.9 Å². The van der Waals surface area contributed by atoms with Crippen LogP contribution in [0.25, 0.3) is 16.9 Å². The summed E-state index contributed by atoms with van der Waals surface area (Å²) >= 11 is 0.813. The first-order valence-electron chi connectivity index (χ1n) is 10.4. The normalized spacial score (nSPS) is 11.1. The first-order valence-corrected chi connectivity index (χ1v) is 11.2. The molecule has 3 N–H and O–H groups in total. The number of carbonyl (C=O) groups is 3. The Morgan fingerprint density at radius 1 is 1.23 bits per heavy atom. The summed E-state index contributed by atoms with van der Waals surface area (Å²) in [5, 5.41) is 6.52. The molecule has 12 heteroatoms. The summed E-state index contributed by atoms with van der Waals surface area (Å²) in [4.78, 5) is 42.0. The standard InChI is InChI=1S/C23H19F2N5O4S/c1-3-34-23(33)16-11(2)17(19(26)31)35-22(16)29-21(32)13-10-27-30-15(18(24)25)9-14(28-20(13)30)12-7-5-4-6-8-12/h4-10,18H,3H2,1-2H3,(H2,26,31)(H,29,32). The number of nitrogens with zero attached hydrogens (tertiary/aromatic N) is 3. The minimum absolute atomic E-state index is 0.0123. The zero-order valence-corrected chi connectivity index (χ0v) is 19.4. The molecule has 3 heterocycles. The van der Waals surface area contributed by atoms with Crippen molar-refractivity contribution >= 4 is 39.8 Å². The minimum Gasteiger partial charge on any atom is -0.462 e. The number of hydrogen-bond donors (Lipinski definition) is 2. The van der Waals surface area contributed by atoms with Crippen LogP contribution in [0.4, 0.5) is 13.8 Å². The number of aromatic nitrogens is 3. The molecule has 0 saturated heterocycles. The maximum atomic E-state index is 13.8. The highest BCUT2D eigenvalue weighted by Gasteiger charge is 2.27. The zero-order valence-electron chi connectivity index (χ0n) is 18.5. The van der Waals surface area contributed by atoms with E-state index in [-0.39, 0.29) is 44.5 Å². The summed E-state index contributed by atoms with van der Waals surface area (Å²) in [6.45, 7) is 3.20. The average Bonchev–Trinajstić information content (AvgIpc) is 3.40. The molecule has 0 aliphatic heterocycles. The van der Waals surface area contributed by atoms with E-state index < -0.39 is 29.9 Å². The van der Waals surface area contributed by atoms with Crippen LogP contribution in [0.5, 0.6) is 0 Å². The van der Waals surface area contributed by atoms with E-state index in [4.69, 9.17) is 10.5 Å². The van der Waals surface area contributed by atoms with Crippen LogP contribution in [0, 0.1) is 6.92 Å². The lowest BCUT2D eigenvalue weighted by Crippen LogP contribution is -2.15. The lowest BCUT2D eigenvalue weighted by atomic mass is 10.1. The molecule has 0 fully saturated rings. The third kappa shape index (κ3) is 4.47. The van der Waals surface area contributed by atoms with Crippen LogP contribution in [-0.4, -0.2) is 39.0 Å². The molecule has 0 bridgehead atoms. The highest BCUT2D eigenvalue weighted by molar-refractivity contribution is 7.18. The zero-order chi connectivity index (χ0) is 25.3. The van der Waals surface area contributed by atoms with E-state index in [1.165, 1.54) is 13.0 Å². The largest absolute Gasteiger partial charge is 0.462 e. The second kappa shape index (κ2) is 9.58. The summed E-state index contributed by atoms with van der Waals surface area (Å²) in [7, 11) is 0. The number of thiophene rings is 1. The molecule has 4 rings (SSSR count). The quantitative estimate of drug-likeness (QED) is 0.366. The predicted molar refractivity (Wildman–Crippen MR) is 125 cm³/mol. The molecule has 35 heavy (non-hydrogen) atoms. The summed E-state index contributed by atoms with van der Waals surface area (Å²) in [6, 6.07) is 9.87. The van der Waals surface area contributed by atoms with E-state index in [0.29, 0.717) is 5.56 Å². The van der Waals surface area contributed by atoms with Crippen LogP contribution in [0.1, 0.15) is 55.0 Å². The Morgan fingerprint density at radius 3 is 2.57 bits per heavy atom. The van der Waals surface area contributed by atoms with Crippen molar-refractivity contribution in [2.45, 2.75) is 20.3 Å². The topological polar surface area (TPSA) is 129 Å². The van der Waals surface area contributed by atoms with Gasteiger partial charge in [0, 0.05) is 5.56 Å². The Kier molecular flexibility index (Phi) is 6.56. The van der Waals surface area contributed by atoms with Crippen molar-refractivity contribution in [2.24, 2.45) is 5.73 Å². The number of carbonyl (C=O) groups excluding carboxylic acids is 3. The number of ether oxygens (including phenoxy) is 1. The van der Waals surface area contributed by atoms with Gasteiger partial charge in [0.25, 0.3) is 18.2 Å². The van der Waals surface area contributed by atoms with Gasteiger partial charge in [-0.25, -0.2) is 23.1 Å². The Bertz CT molecular complexity index is 1450. The molecule has 2 amide bonds. The fraction of sp³-hybridized carbons (Fsp3) is 0.174. The van der Waals surface area contributed by atoms with Gasteiger partial charge in [-0.1, -0.05) is 30.3 Å². The van der Waals surface area contributed by atoms with Crippen LogP contribution >= 0.6 is 11.3 Å². The van der Waals surface area contributed by atoms with Gasteiger partial charge >= 0.3 is 5.97 Å². The van der Waals surface area contributed by atoms with Gasteiger partial charge in [-0.15, -0.1) is 11.3 Å². The second-order valence-corrected chi connectivity index (χ2v) is 8.35. The van der Waals surface area contributed by atoms with Crippen molar-refractivity contribution in [3.05, 3.63) is 69.9 Å². The maximum Gasteiger partial charge on any atom is 0.341 e. The lowest BCUT2D eigenvalue weighted by molar-refractivity contribution is 0.0527. The van der Waals surface area contributed by atoms with E-state index in [2.05, 4.69) is 15.4 Å². The molecule has 9 nitrogen and oxygen atoms in total. The molecule has 0 aliphatic carbocycles. The molecule has 1 aromatic carbocycles. The number of halogens is 2. The van der Waals surface area contributed by atoms with Crippen molar-refractivity contribution < 1.29 is 27.9 Å². The summed E-state index contributed by atoms with van der Waals surface area (Å²) in [6.07, 6.45) is -1.77. The highest BCUT2D eigenvalue weighted by atomic mass is 32.1. The third-order valence-electron chi connectivity index (χ3n) is 5.11. The lowest BCUT2D eigenvalue weighted by Gasteiger charge is -2.09. The number of hydrogen-bond acceptors (Lipinski definition) is 7. The fourth-order valence-corrected chi connectivity index (χ4v) is 4.56. The van der Waals surface area contributed by atoms with Crippen LogP contribution in [0.15, 0.2) is 42.6 Å². The number of nitrogens with one attached hydrogen (secondary N) is 1. The van der Waals surface area contributed by atoms with Crippen LogP contribution < -0.4 is 11.1 Å². The van der Waals surface area contributed by atoms with Gasteiger partial charge in [0.1, 0.15) is 16.3 Å². The molecular formula is C23H19F2N5O4S. The molecule has 0 aliphatic rings. The first-order chi connectivity index (χ1) is 16.7. The molecule has 3 aromatic heterocycles. The number of fused-ring (bicyclic) bond motifs is 1. The van der Waals surface area contributed by atoms with Crippen LogP contribution in [-0.2, 0) is 4.74 Å². The number of anilines is 1. The molecule has 0 atom stereocenters. The summed E-state index contributed by atoms with van der Waals surface area (Å²) in [5.41, 5.74) is 5.82. The Balaban J connectivity index is 1.80. The monoisotopic (exact) mass is 499 g/mol. The minimum atomic E-state index is -2.88. The molecule has 4 aromatic rings. The molecule has 0 unspecified atom stereocenters. The van der Waals surface area contributed by atoms with Crippen molar-refractivity contribution in [3.8, 4) is 11.3 Å². The van der Waals surface area contributed by atoms with E-state index >= 15 is 0 Å². The van der Waals surface area contributed by atoms with Crippen LogP contribution in [0.3, 0.4) is 0 Å². The SMILES string of the molecule is CCOC(=O)c1c(NC(=O)c2cnn3c(C(F)F)cc(-c4ccccc4)nc23)sc(C(N)=O)c1C. The van der Waals surface area contributed by atoms with E-state index in [1.807, 2.05) is 0 Å². The van der Waals surface area contributed by atoms with E-state index in [0.717, 1.165) is 22.0 Å². The van der Waals surface area contributed by atoms with Gasteiger partial charge in [0.15, 0.2) is 5.65 Å². The van der Waals surface area contributed by atoms with Gasteiger partial charge in [-0.3, -0.25) is 9.59 Å². The number of amides is 2. The Hall–Kier alpha value is -4.19. The van der Waals surface area contributed by atoms with E-state index in [1.54, 1.807) is 37.3 Å². The maximum absolute atomic E-state index is 13.8. The molecular weight excluding hydrogens is 480 g/mol. The summed E-state index contributed by atoms with van der Waals surface area (Å²) in [5.74, 6) is -2.28. The number of rotatable bonds is 7. The first kappa shape index (κ1) is 24.0. The molecule has 180 valence electrons. The fourth-order valence-electron chi connectivity index (χ4n) is 3.51. The van der Waals surface area contributed by atoms with Gasteiger partial charge in [0.05, 0.1) is 28.9 Å². The second-order valence-electron chi connectivity index (χ2n) is 7.33. The van der Waals surface area contributed by atoms with Crippen molar-refractivity contribution in [1.29, 1.82) is 0 Å². The highest BCUT2D eigenvalue weighted by Crippen LogP contribution is 2.34. The predicted octanol–water partition coefficient (Wildman–Crippen LogP) is 4.23. The number of nitrogens with two attached hydrogens (primary N) is 1. The smallest absolute Gasteiger partial charge is 0.341 e. The third-order valence-corrected chi connectivity index (χ3v) is 6.34. The number of esters is 1.